The largest absolute Gasteiger partial charge is 0.480 e. The summed E-state index contributed by atoms with van der Waals surface area (Å²) < 4.78 is 1.62. The van der Waals surface area contributed by atoms with Gasteiger partial charge in [-0.05, 0) is 20.0 Å². The van der Waals surface area contributed by atoms with Crippen molar-refractivity contribution in [2.24, 2.45) is 0 Å². The third-order valence-corrected chi connectivity index (χ3v) is 2.00. The molecule has 5 heteroatoms. The second-order valence-electron chi connectivity index (χ2n) is 2.83. The molecule has 0 spiro atoms. The Hall–Kier alpha value is -1.36. The maximum absolute atomic E-state index is 10.8. The van der Waals surface area contributed by atoms with Crippen LogP contribution in [-0.2, 0) is 4.79 Å². The molecule has 0 aromatic carbocycles. The molecule has 0 fully saturated rings. The topological polar surface area (TPSA) is 67.2 Å². The molecule has 0 radical (unpaired) electrons. The van der Waals surface area contributed by atoms with Gasteiger partial charge in [-0.25, -0.2) is 0 Å². The van der Waals surface area contributed by atoms with Crippen LogP contribution in [0.4, 0.5) is 0 Å². The number of rotatable bonds is 4. The molecule has 2 N–H and O–H groups in total. The van der Waals surface area contributed by atoms with E-state index in [1.54, 1.807) is 30.2 Å². The molecule has 0 aliphatic carbocycles. The number of likely N-dealkylation sites (N-methyl/N-ethyl adjacent to an activating group) is 1. The van der Waals surface area contributed by atoms with Gasteiger partial charge in [-0.3, -0.25) is 9.48 Å². The van der Waals surface area contributed by atoms with E-state index in [-0.39, 0.29) is 6.04 Å². The first-order valence-electron chi connectivity index (χ1n) is 4.06. The molecule has 0 amide bonds. The minimum Gasteiger partial charge on any atom is -0.480 e. The van der Waals surface area contributed by atoms with Crippen LogP contribution in [0, 0.1) is 0 Å². The van der Waals surface area contributed by atoms with Crippen LogP contribution in [0.15, 0.2) is 18.5 Å². The Morgan fingerprint density at radius 2 is 2.38 bits per heavy atom. The zero-order chi connectivity index (χ0) is 9.84. The van der Waals surface area contributed by atoms with E-state index in [9.17, 15) is 4.79 Å². The van der Waals surface area contributed by atoms with Gasteiger partial charge in [-0.2, -0.15) is 5.10 Å². The SMILES string of the molecule is CNC(C(=O)O)C(C)n1cccn1. The number of aromatic nitrogens is 2. The van der Waals surface area contributed by atoms with Gasteiger partial charge < -0.3 is 10.4 Å². The first-order valence-corrected chi connectivity index (χ1v) is 4.06. The fraction of sp³-hybridized carbons (Fsp3) is 0.500. The first-order chi connectivity index (χ1) is 6.16. The van der Waals surface area contributed by atoms with E-state index in [0.717, 1.165) is 0 Å². The number of aliphatic carboxylic acids is 1. The lowest BCUT2D eigenvalue weighted by Crippen LogP contribution is -2.40. The predicted octanol–water partition coefficient (Wildman–Crippen LogP) is 0.117. The van der Waals surface area contributed by atoms with Crippen molar-refractivity contribution in [3.63, 3.8) is 0 Å². The van der Waals surface area contributed by atoms with Crippen molar-refractivity contribution in [2.75, 3.05) is 7.05 Å². The summed E-state index contributed by atoms with van der Waals surface area (Å²) in [5, 5.41) is 15.5. The Morgan fingerprint density at radius 3 is 2.77 bits per heavy atom. The average molecular weight is 183 g/mol. The Balaban J connectivity index is 2.76. The average Bonchev–Trinajstić information content (AvgIpc) is 2.56. The van der Waals surface area contributed by atoms with Crippen molar-refractivity contribution in [2.45, 2.75) is 19.0 Å². The van der Waals surface area contributed by atoms with E-state index in [1.165, 1.54) is 0 Å². The number of hydrogen-bond donors (Lipinski definition) is 2. The van der Waals surface area contributed by atoms with Crippen molar-refractivity contribution in [3.8, 4) is 0 Å². The number of carboxylic acids is 1. The fourth-order valence-corrected chi connectivity index (χ4v) is 1.25. The van der Waals surface area contributed by atoms with E-state index in [4.69, 9.17) is 5.11 Å². The maximum atomic E-state index is 10.8. The van der Waals surface area contributed by atoms with E-state index >= 15 is 0 Å². The van der Waals surface area contributed by atoms with Crippen molar-refractivity contribution < 1.29 is 9.90 Å². The number of hydrogen-bond acceptors (Lipinski definition) is 3. The summed E-state index contributed by atoms with van der Waals surface area (Å²) in [5.41, 5.74) is 0. The molecule has 72 valence electrons. The van der Waals surface area contributed by atoms with Crippen LogP contribution in [0.1, 0.15) is 13.0 Å². The highest BCUT2D eigenvalue weighted by molar-refractivity contribution is 5.74. The molecular weight excluding hydrogens is 170 g/mol. The summed E-state index contributed by atoms with van der Waals surface area (Å²) in [5.74, 6) is -0.870. The summed E-state index contributed by atoms with van der Waals surface area (Å²) >= 11 is 0. The third-order valence-electron chi connectivity index (χ3n) is 2.00. The van der Waals surface area contributed by atoms with Crippen LogP contribution in [0.25, 0.3) is 0 Å². The van der Waals surface area contributed by atoms with Gasteiger partial charge in [0.15, 0.2) is 0 Å². The molecule has 1 rings (SSSR count). The molecule has 0 aliphatic rings. The van der Waals surface area contributed by atoms with E-state index in [0.29, 0.717) is 0 Å². The molecule has 13 heavy (non-hydrogen) atoms. The smallest absolute Gasteiger partial charge is 0.322 e. The quantitative estimate of drug-likeness (QED) is 0.695. The molecule has 2 unspecified atom stereocenters. The van der Waals surface area contributed by atoms with Crippen molar-refractivity contribution in [3.05, 3.63) is 18.5 Å². The van der Waals surface area contributed by atoms with Crippen molar-refractivity contribution >= 4 is 5.97 Å². The Bertz CT molecular complexity index is 271. The summed E-state index contributed by atoms with van der Waals surface area (Å²) in [4.78, 5) is 10.8. The zero-order valence-corrected chi connectivity index (χ0v) is 7.64. The Morgan fingerprint density at radius 1 is 1.69 bits per heavy atom. The Kier molecular flexibility index (Phi) is 3.02. The van der Waals surface area contributed by atoms with E-state index < -0.39 is 12.0 Å². The van der Waals surface area contributed by atoms with Gasteiger partial charge in [-0.1, -0.05) is 0 Å². The molecule has 2 atom stereocenters. The first kappa shape index (κ1) is 9.73. The second-order valence-corrected chi connectivity index (χ2v) is 2.83. The zero-order valence-electron chi connectivity index (χ0n) is 7.64. The minimum absolute atomic E-state index is 0.197. The summed E-state index contributed by atoms with van der Waals surface area (Å²) in [7, 11) is 1.62. The van der Waals surface area contributed by atoms with Gasteiger partial charge in [0.05, 0.1) is 6.04 Å². The second kappa shape index (κ2) is 4.04. The number of nitrogens with zero attached hydrogens (tertiary/aromatic N) is 2. The number of carboxylic acid groups (broad SMARTS) is 1. The molecule has 0 saturated carbocycles. The van der Waals surface area contributed by atoms with Gasteiger partial charge in [0.1, 0.15) is 6.04 Å². The number of nitrogens with one attached hydrogen (secondary N) is 1. The van der Waals surface area contributed by atoms with Gasteiger partial charge in [0.2, 0.25) is 0 Å². The van der Waals surface area contributed by atoms with E-state index in [1.807, 2.05) is 6.92 Å². The van der Waals surface area contributed by atoms with Gasteiger partial charge in [0.25, 0.3) is 0 Å². The van der Waals surface area contributed by atoms with Crippen LogP contribution in [-0.4, -0.2) is 33.9 Å². The number of carbonyl (C=O) groups is 1. The molecular formula is C8H13N3O2. The molecule has 1 aromatic heterocycles. The predicted molar refractivity (Wildman–Crippen MR) is 47.4 cm³/mol. The lowest BCUT2D eigenvalue weighted by molar-refractivity contribution is -0.140. The summed E-state index contributed by atoms with van der Waals surface area (Å²) in [6.07, 6.45) is 3.38. The van der Waals surface area contributed by atoms with Crippen LogP contribution in [0.5, 0.6) is 0 Å². The summed E-state index contributed by atoms with van der Waals surface area (Å²) in [6.45, 7) is 1.81. The molecule has 0 aliphatic heterocycles. The highest BCUT2D eigenvalue weighted by Crippen LogP contribution is 2.08. The molecule has 1 heterocycles. The third kappa shape index (κ3) is 2.06. The molecule has 5 nitrogen and oxygen atoms in total. The van der Waals surface area contributed by atoms with Crippen molar-refractivity contribution in [1.82, 2.24) is 15.1 Å². The monoisotopic (exact) mass is 183 g/mol. The van der Waals surface area contributed by atoms with E-state index in [2.05, 4.69) is 10.4 Å². The van der Waals surface area contributed by atoms with Crippen LogP contribution in [0.3, 0.4) is 0 Å². The lowest BCUT2D eigenvalue weighted by Gasteiger charge is -2.19. The maximum Gasteiger partial charge on any atom is 0.322 e. The van der Waals surface area contributed by atoms with Crippen LogP contribution in [0.2, 0.25) is 0 Å². The van der Waals surface area contributed by atoms with Gasteiger partial charge >= 0.3 is 5.97 Å². The van der Waals surface area contributed by atoms with Crippen LogP contribution < -0.4 is 5.32 Å². The summed E-state index contributed by atoms with van der Waals surface area (Å²) in [6, 6.07) is 0.961. The minimum atomic E-state index is -0.870. The lowest BCUT2D eigenvalue weighted by atomic mass is 10.1. The molecule has 0 bridgehead atoms. The highest BCUT2D eigenvalue weighted by Gasteiger charge is 2.23. The van der Waals surface area contributed by atoms with Gasteiger partial charge in [-0.15, -0.1) is 0 Å². The normalized spacial score (nSPS) is 15.2. The molecule has 0 saturated heterocycles. The van der Waals surface area contributed by atoms with Crippen LogP contribution >= 0.6 is 0 Å². The highest BCUT2D eigenvalue weighted by atomic mass is 16.4. The fourth-order valence-electron chi connectivity index (χ4n) is 1.25. The van der Waals surface area contributed by atoms with Gasteiger partial charge in [0, 0.05) is 12.4 Å². The molecule has 1 aromatic rings. The van der Waals surface area contributed by atoms with Crippen molar-refractivity contribution in [1.29, 1.82) is 0 Å². The standard InChI is InChI=1S/C8H13N3O2/c1-6(7(9-2)8(12)13)11-5-3-4-10-11/h3-7,9H,1-2H3,(H,12,13). The Labute approximate surface area is 76.4 Å².